The van der Waals surface area contributed by atoms with Crippen molar-refractivity contribution in [2.24, 2.45) is 11.8 Å². The van der Waals surface area contributed by atoms with Crippen molar-refractivity contribution in [3.63, 3.8) is 0 Å². The van der Waals surface area contributed by atoms with Gasteiger partial charge in [0.05, 0.1) is 18.3 Å². The number of rotatable bonds is 13. The number of carboxylic acids is 1. The Morgan fingerprint density at radius 2 is 1.85 bits per heavy atom. The molecule has 0 aromatic rings. The van der Waals surface area contributed by atoms with Crippen molar-refractivity contribution < 1.29 is 30.0 Å². The van der Waals surface area contributed by atoms with E-state index < -0.39 is 18.2 Å². The van der Waals surface area contributed by atoms with E-state index in [-0.39, 0.29) is 36.6 Å². The van der Waals surface area contributed by atoms with Crippen LogP contribution in [0.4, 0.5) is 0 Å². The molecule has 0 bridgehead atoms. The second kappa shape index (κ2) is 12.2. The zero-order chi connectivity index (χ0) is 19.5. The first-order chi connectivity index (χ1) is 12.3. The van der Waals surface area contributed by atoms with Gasteiger partial charge in [-0.1, -0.05) is 31.4 Å². The molecule has 0 heterocycles. The molecule has 1 rings (SSSR count). The third-order valence-electron chi connectivity index (χ3n) is 5.07. The van der Waals surface area contributed by atoms with Crippen LogP contribution in [0.2, 0.25) is 0 Å². The molecule has 0 saturated heterocycles. The smallest absolute Gasteiger partial charge is 0.303 e. The van der Waals surface area contributed by atoms with Crippen LogP contribution in [0, 0.1) is 11.8 Å². The number of hydrogen-bond donors (Lipinski definition) is 4. The minimum atomic E-state index is -0.781. The maximum atomic E-state index is 12.1. The summed E-state index contributed by atoms with van der Waals surface area (Å²) in [5, 5.41) is 38.0. The molecule has 0 amide bonds. The maximum Gasteiger partial charge on any atom is 0.303 e. The maximum absolute atomic E-state index is 12.1. The van der Waals surface area contributed by atoms with Gasteiger partial charge in [-0.15, -0.1) is 0 Å². The molecule has 6 heteroatoms. The van der Waals surface area contributed by atoms with Gasteiger partial charge in [0.1, 0.15) is 5.78 Å². The first-order valence-electron chi connectivity index (χ1n) is 9.78. The Kier molecular flexibility index (Phi) is 10.7. The molecule has 0 radical (unpaired) electrons. The lowest BCUT2D eigenvalue weighted by molar-refractivity contribution is -0.137. The Bertz CT molecular complexity index is 459. The molecular formula is C20H34O6. The van der Waals surface area contributed by atoms with Crippen LogP contribution < -0.4 is 0 Å². The number of carbonyl (C=O) groups is 2. The van der Waals surface area contributed by atoms with Crippen LogP contribution in [0.15, 0.2) is 12.2 Å². The van der Waals surface area contributed by atoms with Gasteiger partial charge >= 0.3 is 5.97 Å². The Morgan fingerprint density at radius 1 is 1.15 bits per heavy atom. The van der Waals surface area contributed by atoms with E-state index in [9.17, 15) is 24.9 Å². The Balaban J connectivity index is 2.39. The summed E-state index contributed by atoms with van der Waals surface area (Å²) in [6.07, 6.45) is 7.88. The highest BCUT2D eigenvalue weighted by molar-refractivity contribution is 5.84. The fourth-order valence-corrected chi connectivity index (χ4v) is 3.56. The lowest BCUT2D eigenvalue weighted by Crippen LogP contribution is -2.19. The van der Waals surface area contributed by atoms with Crippen molar-refractivity contribution >= 4 is 11.8 Å². The molecule has 1 unspecified atom stereocenters. The van der Waals surface area contributed by atoms with Crippen molar-refractivity contribution in [2.75, 3.05) is 0 Å². The Morgan fingerprint density at radius 3 is 2.50 bits per heavy atom. The molecule has 6 nitrogen and oxygen atoms in total. The fourth-order valence-electron chi connectivity index (χ4n) is 3.56. The molecule has 5 atom stereocenters. The van der Waals surface area contributed by atoms with Gasteiger partial charge in [-0.05, 0) is 39.0 Å². The van der Waals surface area contributed by atoms with E-state index in [0.717, 1.165) is 25.7 Å². The Labute approximate surface area is 155 Å². The largest absolute Gasteiger partial charge is 0.481 e. The number of unbranched alkanes of at least 4 members (excludes halogenated alkanes) is 3. The van der Waals surface area contributed by atoms with Gasteiger partial charge < -0.3 is 20.4 Å². The third-order valence-corrected chi connectivity index (χ3v) is 5.07. The van der Waals surface area contributed by atoms with E-state index in [2.05, 4.69) is 0 Å². The fraction of sp³-hybridized carbons (Fsp3) is 0.800. The van der Waals surface area contributed by atoms with Crippen molar-refractivity contribution in [1.29, 1.82) is 0 Å². The predicted octanol–water partition coefficient (Wildman–Crippen LogP) is 2.45. The van der Waals surface area contributed by atoms with Crippen LogP contribution in [0.1, 0.15) is 71.1 Å². The number of aliphatic carboxylic acids is 1. The molecule has 150 valence electrons. The lowest BCUT2D eigenvalue weighted by atomic mass is 9.88. The lowest BCUT2D eigenvalue weighted by Gasteiger charge is -2.18. The summed E-state index contributed by atoms with van der Waals surface area (Å²) in [4.78, 5) is 22.6. The molecule has 0 aromatic heterocycles. The molecular weight excluding hydrogens is 336 g/mol. The number of aliphatic hydroxyl groups is 3. The van der Waals surface area contributed by atoms with Gasteiger partial charge in [-0.3, -0.25) is 9.59 Å². The first kappa shape index (κ1) is 22.8. The standard InChI is InChI=1S/C20H34O6/c1-14(21)7-6-8-15(22)11-12-17-16(18(23)13-19(17)24)9-4-2-3-5-10-20(25)26/h11-12,14-17,19,21-22,24H,2-10,13H2,1H3,(H,25,26)/b12-11+/t14?,15-,16+,17+,19+/m0/s1. The minimum absolute atomic E-state index is 0.0706. The summed E-state index contributed by atoms with van der Waals surface area (Å²) < 4.78 is 0. The highest BCUT2D eigenvalue weighted by atomic mass is 16.4. The Hall–Kier alpha value is -1.24. The molecule has 1 saturated carbocycles. The van der Waals surface area contributed by atoms with E-state index in [1.807, 2.05) is 0 Å². The summed E-state index contributed by atoms with van der Waals surface area (Å²) in [6, 6.07) is 0. The summed E-state index contributed by atoms with van der Waals surface area (Å²) in [6.45, 7) is 1.72. The third kappa shape index (κ3) is 8.92. The van der Waals surface area contributed by atoms with Gasteiger partial charge in [0.15, 0.2) is 0 Å². The average molecular weight is 370 g/mol. The average Bonchev–Trinajstić information content (AvgIpc) is 2.81. The van der Waals surface area contributed by atoms with E-state index in [1.54, 1.807) is 19.1 Å². The first-order valence-corrected chi connectivity index (χ1v) is 9.78. The monoisotopic (exact) mass is 370 g/mol. The normalized spacial score (nSPS) is 25.7. The quantitative estimate of drug-likeness (QED) is 0.292. The highest BCUT2D eigenvalue weighted by Crippen LogP contribution is 2.34. The SMILES string of the molecule is CC(O)CCC[C@H](O)/C=C/[C@H]1[C@H](O)CC(=O)[C@@H]1CCCCCCC(=O)O. The van der Waals surface area contributed by atoms with E-state index in [4.69, 9.17) is 5.11 Å². The van der Waals surface area contributed by atoms with Gasteiger partial charge in [0.2, 0.25) is 0 Å². The van der Waals surface area contributed by atoms with Crippen LogP contribution in [0.5, 0.6) is 0 Å². The zero-order valence-electron chi connectivity index (χ0n) is 15.7. The molecule has 0 aromatic carbocycles. The topological polar surface area (TPSA) is 115 Å². The summed E-state index contributed by atoms with van der Waals surface area (Å²) in [5.41, 5.74) is 0. The van der Waals surface area contributed by atoms with E-state index in [1.165, 1.54) is 0 Å². The second-order valence-electron chi connectivity index (χ2n) is 7.50. The second-order valence-corrected chi connectivity index (χ2v) is 7.50. The van der Waals surface area contributed by atoms with Crippen LogP contribution in [-0.2, 0) is 9.59 Å². The van der Waals surface area contributed by atoms with Gasteiger partial charge in [0.25, 0.3) is 0 Å². The zero-order valence-corrected chi connectivity index (χ0v) is 15.7. The van der Waals surface area contributed by atoms with Crippen LogP contribution >= 0.6 is 0 Å². The van der Waals surface area contributed by atoms with Gasteiger partial charge in [0, 0.05) is 24.7 Å². The van der Waals surface area contributed by atoms with E-state index >= 15 is 0 Å². The van der Waals surface area contributed by atoms with Crippen LogP contribution in [0.25, 0.3) is 0 Å². The number of carbonyl (C=O) groups excluding carboxylic acids is 1. The molecule has 1 aliphatic rings. The molecule has 1 aliphatic carbocycles. The number of hydrogen-bond acceptors (Lipinski definition) is 5. The molecule has 0 aliphatic heterocycles. The molecule has 4 N–H and O–H groups in total. The van der Waals surface area contributed by atoms with Gasteiger partial charge in [-0.25, -0.2) is 0 Å². The number of carboxylic acid groups (broad SMARTS) is 1. The van der Waals surface area contributed by atoms with Crippen LogP contribution in [0.3, 0.4) is 0 Å². The summed E-state index contributed by atoms with van der Waals surface area (Å²) in [5.74, 6) is -1.18. The summed E-state index contributed by atoms with van der Waals surface area (Å²) in [7, 11) is 0. The number of ketones is 1. The predicted molar refractivity (Wildman–Crippen MR) is 98.6 cm³/mol. The van der Waals surface area contributed by atoms with Gasteiger partial charge in [-0.2, -0.15) is 0 Å². The van der Waals surface area contributed by atoms with Crippen molar-refractivity contribution in [3.05, 3.63) is 12.2 Å². The van der Waals surface area contributed by atoms with Crippen molar-refractivity contribution in [3.8, 4) is 0 Å². The van der Waals surface area contributed by atoms with Crippen molar-refractivity contribution in [1.82, 2.24) is 0 Å². The number of aliphatic hydroxyl groups excluding tert-OH is 3. The molecule has 26 heavy (non-hydrogen) atoms. The minimum Gasteiger partial charge on any atom is -0.481 e. The highest BCUT2D eigenvalue weighted by Gasteiger charge is 2.39. The van der Waals surface area contributed by atoms with E-state index in [0.29, 0.717) is 25.7 Å². The van der Waals surface area contributed by atoms with Crippen molar-refractivity contribution in [2.45, 2.75) is 89.4 Å². The molecule has 0 spiro atoms. The van der Waals surface area contributed by atoms with Crippen LogP contribution in [-0.4, -0.2) is 50.5 Å². The number of Topliss-reactive ketones (excluding diaryl/α,β-unsaturated/α-hetero) is 1. The summed E-state index contributed by atoms with van der Waals surface area (Å²) >= 11 is 0. The molecule has 1 fully saturated rings.